The lowest BCUT2D eigenvalue weighted by atomic mass is 9.88. The van der Waals surface area contributed by atoms with Gasteiger partial charge in [0.05, 0.1) is 11.7 Å². The first-order chi connectivity index (χ1) is 16.8. The minimum Gasteiger partial charge on any atom is -0.482 e. The first kappa shape index (κ1) is 20.5. The zero-order chi connectivity index (χ0) is 22.9. The van der Waals surface area contributed by atoms with Gasteiger partial charge in [-0.1, -0.05) is 72.9 Å². The van der Waals surface area contributed by atoms with Crippen molar-refractivity contribution in [1.29, 1.82) is 5.26 Å². The van der Waals surface area contributed by atoms with Crippen LogP contribution in [-0.2, 0) is 0 Å². The van der Waals surface area contributed by atoms with Crippen molar-refractivity contribution < 1.29 is 4.74 Å². The summed E-state index contributed by atoms with van der Waals surface area (Å²) in [4.78, 5) is 6.99. The van der Waals surface area contributed by atoms with Crippen LogP contribution < -0.4 is 9.64 Å². The second-order valence-electron chi connectivity index (χ2n) is 8.90. The molecule has 3 unspecified atom stereocenters. The van der Waals surface area contributed by atoms with Crippen LogP contribution in [0.5, 0.6) is 5.75 Å². The Hall–Kier alpha value is -4.10. The van der Waals surface area contributed by atoms with Crippen LogP contribution in [-0.4, -0.2) is 17.9 Å². The number of hydrogen-bond donors (Lipinski definition) is 0. The lowest BCUT2D eigenvalue weighted by molar-refractivity contribution is 0.218. The minimum atomic E-state index is -0.0290. The van der Waals surface area contributed by atoms with Crippen molar-refractivity contribution in [3.63, 3.8) is 0 Å². The molecule has 34 heavy (non-hydrogen) atoms. The largest absolute Gasteiger partial charge is 0.482 e. The molecule has 0 radical (unpaired) electrons. The molecule has 6 rings (SSSR count). The standard InChI is InChI=1S/C30H25N3O/c31-20-23-8-7-10-25(32-23)22-18-16-21(17-19-22)24-9-1-2-11-26(24)33-27-12-3-5-14-29(27)34-30-15-6-4-13-28(30)33/h1-6,9-18,22,27,29H,7-8,19H2. The van der Waals surface area contributed by atoms with E-state index in [0.29, 0.717) is 5.71 Å². The summed E-state index contributed by atoms with van der Waals surface area (Å²) in [6.07, 6.45) is 19.9. The Labute approximate surface area is 200 Å². The molecule has 2 aliphatic heterocycles. The van der Waals surface area contributed by atoms with Crippen molar-refractivity contribution in [2.75, 3.05) is 4.90 Å². The maximum Gasteiger partial charge on any atom is 0.144 e. The van der Waals surface area contributed by atoms with Gasteiger partial charge in [0.2, 0.25) is 0 Å². The second-order valence-corrected chi connectivity index (χ2v) is 8.90. The Morgan fingerprint density at radius 3 is 2.62 bits per heavy atom. The summed E-state index contributed by atoms with van der Waals surface area (Å²) in [7, 11) is 0. The van der Waals surface area contributed by atoms with Crippen molar-refractivity contribution in [3.05, 3.63) is 108 Å². The number of ether oxygens (including phenoxy) is 1. The molecule has 0 N–H and O–H groups in total. The number of para-hydroxylation sites is 3. The highest BCUT2D eigenvalue weighted by Crippen LogP contribution is 2.45. The number of anilines is 2. The highest BCUT2D eigenvalue weighted by atomic mass is 16.5. The Morgan fingerprint density at radius 2 is 1.76 bits per heavy atom. The number of aliphatic imine (C=N–C) groups is 1. The number of fused-ring (bicyclic) bond motifs is 2. The number of benzene rings is 2. The fourth-order valence-electron chi connectivity index (χ4n) is 5.17. The zero-order valence-corrected chi connectivity index (χ0v) is 18.8. The van der Waals surface area contributed by atoms with Crippen LogP contribution in [0.15, 0.2) is 108 Å². The average Bonchev–Trinajstić information content (AvgIpc) is 2.92. The van der Waals surface area contributed by atoms with E-state index >= 15 is 0 Å². The Kier molecular flexibility index (Phi) is 5.24. The van der Waals surface area contributed by atoms with E-state index in [4.69, 9.17) is 4.74 Å². The van der Waals surface area contributed by atoms with Crippen LogP contribution in [0, 0.1) is 17.2 Å². The van der Waals surface area contributed by atoms with Crippen LogP contribution in [0.2, 0.25) is 0 Å². The third-order valence-corrected chi connectivity index (χ3v) is 6.82. The number of rotatable bonds is 3. The monoisotopic (exact) mass is 443 g/mol. The van der Waals surface area contributed by atoms with E-state index in [9.17, 15) is 5.26 Å². The lowest BCUT2D eigenvalue weighted by Gasteiger charge is -2.43. The van der Waals surface area contributed by atoms with E-state index in [2.05, 4.69) is 101 Å². The molecule has 0 amide bonds. The van der Waals surface area contributed by atoms with E-state index < -0.39 is 0 Å². The van der Waals surface area contributed by atoms with Gasteiger partial charge in [-0.25, -0.2) is 4.99 Å². The SMILES string of the molecule is N#CC1=NC(C2C=CC(c3ccccc3N3c4ccccc4OC4C=CC=CC43)=CC2)=CCC1. The van der Waals surface area contributed by atoms with Crippen LogP contribution in [0.3, 0.4) is 0 Å². The first-order valence-corrected chi connectivity index (χ1v) is 11.9. The molecule has 0 fully saturated rings. The lowest BCUT2D eigenvalue weighted by Crippen LogP contribution is -2.46. The molecule has 4 nitrogen and oxygen atoms in total. The van der Waals surface area contributed by atoms with Crippen LogP contribution in [0.25, 0.3) is 5.57 Å². The van der Waals surface area contributed by atoms with E-state index in [1.807, 2.05) is 12.1 Å². The summed E-state index contributed by atoms with van der Waals surface area (Å²) < 4.78 is 6.32. The molecule has 4 heteroatoms. The van der Waals surface area contributed by atoms with Gasteiger partial charge in [-0.05, 0) is 42.7 Å². The highest BCUT2D eigenvalue weighted by molar-refractivity contribution is 5.99. The van der Waals surface area contributed by atoms with Gasteiger partial charge in [0.15, 0.2) is 0 Å². The molecule has 2 aromatic carbocycles. The molecule has 2 aliphatic carbocycles. The summed E-state index contributed by atoms with van der Waals surface area (Å²) in [5, 5.41) is 9.24. The molecule has 4 aliphatic rings. The predicted octanol–water partition coefficient (Wildman–Crippen LogP) is 6.68. The molecule has 2 heterocycles. The second kappa shape index (κ2) is 8.68. The molecular weight excluding hydrogens is 418 g/mol. The predicted molar refractivity (Wildman–Crippen MR) is 137 cm³/mol. The molecule has 0 saturated carbocycles. The van der Waals surface area contributed by atoms with Crippen molar-refractivity contribution >= 4 is 22.7 Å². The Morgan fingerprint density at radius 1 is 0.941 bits per heavy atom. The molecule has 0 bridgehead atoms. The first-order valence-electron chi connectivity index (χ1n) is 11.9. The van der Waals surface area contributed by atoms with Gasteiger partial charge in [-0.3, -0.25) is 0 Å². The number of nitrogens with zero attached hydrogens (tertiary/aromatic N) is 3. The molecule has 0 spiro atoms. The molecule has 3 atom stereocenters. The third kappa shape index (κ3) is 3.60. The maximum absolute atomic E-state index is 9.24. The van der Waals surface area contributed by atoms with Gasteiger partial charge in [-0.15, -0.1) is 0 Å². The Balaban J connectivity index is 1.36. The van der Waals surface area contributed by atoms with E-state index in [0.717, 1.165) is 36.4 Å². The van der Waals surface area contributed by atoms with E-state index in [1.165, 1.54) is 16.8 Å². The van der Waals surface area contributed by atoms with Crippen LogP contribution in [0.4, 0.5) is 11.4 Å². The molecule has 0 saturated heterocycles. The summed E-state index contributed by atoms with van der Waals surface area (Å²) in [6.45, 7) is 0. The van der Waals surface area contributed by atoms with Crippen LogP contribution >= 0.6 is 0 Å². The average molecular weight is 444 g/mol. The van der Waals surface area contributed by atoms with Crippen molar-refractivity contribution in [3.8, 4) is 11.8 Å². The topological polar surface area (TPSA) is 48.6 Å². The number of allylic oxidation sites excluding steroid dienone is 7. The van der Waals surface area contributed by atoms with Gasteiger partial charge < -0.3 is 9.64 Å². The van der Waals surface area contributed by atoms with Crippen molar-refractivity contribution in [2.24, 2.45) is 10.9 Å². The number of nitriles is 1. The summed E-state index contributed by atoms with van der Waals surface area (Å²) in [5.41, 5.74) is 6.33. The van der Waals surface area contributed by atoms with Gasteiger partial charge in [0.1, 0.15) is 23.6 Å². The van der Waals surface area contributed by atoms with E-state index in [1.54, 1.807) is 0 Å². The Bertz CT molecular complexity index is 1350. The van der Waals surface area contributed by atoms with Gasteiger partial charge in [0.25, 0.3) is 0 Å². The summed E-state index contributed by atoms with van der Waals surface area (Å²) in [5.74, 6) is 1.13. The number of hydrogen-bond acceptors (Lipinski definition) is 4. The molecular formula is C30H25N3O. The molecule has 2 aromatic rings. The normalized spacial score (nSPS) is 24.7. The fraction of sp³-hybridized carbons (Fsp3) is 0.200. The summed E-state index contributed by atoms with van der Waals surface area (Å²) in [6, 6.07) is 19.2. The zero-order valence-electron chi connectivity index (χ0n) is 18.8. The van der Waals surface area contributed by atoms with Crippen molar-refractivity contribution in [2.45, 2.75) is 31.4 Å². The van der Waals surface area contributed by atoms with E-state index in [-0.39, 0.29) is 18.1 Å². The van der Waals surface area contributed by atoms with Gasteiger partial charge in [-0.2, -0.15) is 5.26 Å². The minimum absolute atomic E-state index is 0.0290. The fourth-order valence-corrected chi connectivity index (χ4v) is 5.17. The quantitative estimate of drug-likeness (QED) is 0.531. The smallest absolute Gasteiger partial charge is 0.144 e. The highest BCUT2D eigenvalue weighted by Gasteiger charge is 2.35. The molecule has 0 aromatic heterocycles. The summed E-state index contributed by atoms with van der Waals surface area (Å²) >= 11 is 0. The van der Waals surface area contributed by atoms with Gasteiger partial charge >= 0.3 is 0 Å². The molecule has 166 valence electrons. The van der Waals surface area contributed by atoms with Gasteiger partial charge in [0, 0.05) is 29.3 Å². The third-order valence-electron chi connectivity index (χ3n) is 6.82. The maximum atomic E-state index is 9.24. The van der Waals surface area contributed by atoms with Crippen molar-refractivity contribution in [1.82, 2.24) is 0 Å². The van der Waals surface area contributed by atoms with Crippen LogP contribution in [0.1, 0.15) is 24.8 Å².